The fourth-order valence-corrected chi connectivity index (χ4v) is 4.39. The number of unbranched alkanes of at least 4 members (excludes halogenated alkanes) is 1. The van der Waals surface area contributed by atoms with Crippen molar-refractivity contribution in [3.05, 3.63) is 15.6 Å². The molecule has 2 heterocycles. The molecule has 0 aromatic carbocycles. The molecule has 2 rings (SSSR count). The van der Waals surface area contributed by atoms with E-state index in [9.17, 15) is 14.4 Å². The van der Waals surface area contributed by atoms with Crippen LogP contribution >= 0.6 is 11.3 Å². The number of carbonyl (C=O) groups is 3. The number of hydrogen-bond donors (Lipinski definition) is 0. The van der Waals surface area contributed by atoms with Crippen molar-refractivity contribution in [1.29, 1.82) is 0 Å². The third-order valence-electron chi connectivity index (χ3n) is 4.89. The van der Waals surface area contributed by atoms with E-state index in [4.69, 9.17) is 4.74 Å². The second-order valence-corrected chi connectivity index (χ2v) is 8.30. The summed E-state index contributed by atoms with van der Waals surface area (Å²) in [6.07, 6.45) is 4.50. The monoisotopic (exact) mass is 409 g/mol. The normalized spacial score (nSPS) is 16.7. The number of amides is 2. The molecule has 0 spiro atoms. The minimum atomic E-state index is -0.275. The van der Waals surface area contributed by atoms with Gasteiger partial charge in [-0.05, 0) is 39.5 Å². The van der Waals surface area contributed by atoms with Crippen LogP contribution in [0.2, 0.25) is 0 Å². The summed E-state index contributed by atoms with van der Waals surface area (Å²) in [4.78, 5) is 45.6. The summed E-state index contributed by atoms with van der Waals surface area (Å²) in [5.74, 6) is -0.837. The van der Waals surface area contributed by atoms with E-state index in [2.05, 4.69) is 11.9 Å². The van der Waals surface area contributed by atoms with E-state index < -0.39 is 0 Å². The average Bonchev–Trinajstić information content (AvgIpc) is 3.06. The number of thiazole rings is 1. The zero-order valence-corrected chi connectivity index (χ0v) is 18.1. The first-order chi connectivity index (χ1) is 13.4. The van der Waals surface area contributed by atoms with Crippen LogP contribution in [0.4, 0.5) is 0 Å². The van der Waals surface area contributed by atoms with Gasteiger partial charge in [0.2, 0.25) is 5.91 Å². The molecule has 0 aliphatic carbocycles. The Morgan fingerprint density at radius 2 is 2.07 bits per heavy atom. The van der Waals surface area contributed by atoms with Crippen molar-refractivity contribution >= 4 is 29.1 Å². The largest absolute Gasteiger partial charge is 0.466 e. The number of esters is 1. The van der Waals surface area contributed by atoms with Crippen molar-refractivity contribution in [2.45, 2.75) is 52.9 Å². The molecule has 28 heavy (non-hydrogen) atoms. The minimum Gasteiger partial charge on any atom is -0.466 e. The van der Waals surface area contributed by atoms with E-state index in [0.29, 0.717) is 24.6 Å². The minimum absolute atomic E-state index is 0.00396. The predicted molar refractivity (Wildman–Crippen MR) is 108 cm³/mol. The van der Waals surface area contributed by atoms with Crippen molar-refractivity contribution in [2.24, 2.45) is 5.92 Å². The highest BCUT2D eigenvalue weighted by molar-refractivity contribution is 7.13. The van der Waals surface area contributed by atoms with Gasteiger partial charge in [-0.2, -0.15) is 0 Å². The SMILES string of the molecule is CCCCc1nc(C)c(C(=O)N(C)CC(=O)N2CCCC(C(=O)OCC)C2)s1. The third-order valence-corrected chi connectivity index (χ3v) is 6.10. The Morgan fingerprint density at radius 3 is 2.75 bits per heavy atom. The Morgan fingerprint density at radius 1 is 1.32 bits per heavy atom. The van der Waals surface area contributed by atoms with E-state index in [1.165, 1.54) is 16.2 Å². The second kappa shape index (κ2) is 10.5. The van der Waals surface area contributed by atoms with Crippen LogP contribution in [-0.4, -0.2) is 65.9 Å². The summed E-state index contributed by atoms with van der Waals surface area (Å²) in [5, 5.41) is 0.968. The summed E-state index contributed by atoms with van der Waals surface area (Å²) >= 11 is 1.42. The van der Waals surface area contributed by atoms with Gasteiger partial charge in [-0.15, -0.1) is 11.3 Å². The van der Waals surface area contributed by atoms with Crippen LogP contribution < -0.4 is 0 Å². The highest BCUT2D eigenvalue weighted by Crippen LogP contribution is 2.22. The Bertz CT molecular complexity index is 704. The van der Waals surface area contributed by atoms with Gasteiger partial charge < -0.3 is 14.5 Å². The number of carbonyl (C=O) groups excluding carboxylic acids is 3. The summed E-state index contributed by atoms with van der Waals surface area (Å²) in [6.45, 7) is 7.05. The lowest BCUT2D eigenvalue weighted by atomic mass is 9.98. The van der Waals surface area contributed by atoms with Gasteiger partial charge in [0.15, 0.2) is 0 Å². The molecule has 1 aliphatic rings. The second-order valence-electron chi connectivity index (χ2n) is 7.22. The molecular weight excluding hydrogens is 378 g/mol. The fourth-order valence-electron chi connectivity index (χ4n) is 3.29. The van der Waals surface area contributed by atoms with Crippen LogP contribution in [0.1, 0.15) is 59.9 Å². The van der Waals surface area contributed by atoms with Gasteiger partial charge >= 0.3 is 5.97 Å². The van der Waals surface area contributed by atoms with Crippen LogP contribution in [0.5, 0.6) is 0 Å². The van der Waals surface area contributed by atoms with Gasteiger partial charge in [-0.1, -0.05) is 13.3 Å². The summed E-state index contributed by atoms with van der Waals surface area (Å²) in [7, 11) is 1.64. The first-order valence-electron chi connectivity index (χ1n) is 10.0. The van der Waals surface area contributed by atoms with E-state index in [1.54, 1.807) is 18.9 Å². The van der Waals surface area contributed by atoms with E-state index in [1.807, 2.05) is 6.92 Å². The molecular formula is C20H31N3O4S. The molecule has 1 unspecified atom stereocenters. The van der Waals surface area contributed by atoms with Gasteiger partial charge in [-0.25, -0.2) is 4.98 Å². The molecule has 0 N–H and O–H groups in total. The molecule has 1 saturated heterocycles. The number of hydrogen-bond acceptors (Lipinski definition) is 6. The number of ether oxygens (including phenoxy) is 1. The van der Waals surface area contributed by atoms with Crippen LogP contribution in [0.15, 0.2) is 0 Å². The van der Waals surface area contributed by atoms with E-state index in [-0.39, 0.29) is 30.2 Å². The standard InChI is InChI=1S/C20H31N3O4S/c1-5-7-10-16-21-14(3)18(28-16)19(25)22(4)13-17(24)23-11-8-9-15(12-23)20(26)27-6-2/h15H,5-13H2,1-4H3. The van der Waals surface area contributed by atoms with Crippen LogP contribution in [0.25, 0.3) is 0 Å². The van der Waals surface area contributed by atoms with Crippen molar-refractivity contribution < 1.29 is 19.1 Å². The molecule has 0 bridgehead atoms. The molecule has 1 fully saturated rings. The average molecular weight is 410 g/mol. The van der Waals surface area contributed by atoms with Gasteiger partial charge in [0.25, 0.3) is 5.91 Å². The zero-order valence-electron chi connectivity index (χ0n) is 17.3. The Labute approximate surface area is 171 Å². The summed E-state index contributed by atoms with van der Waals surface area (Å²) in [5.41, 5.74) is 0.723. The van der Waals surface area contributed by atoms with Crippen molar-refractivity contribution in [3.63, 3.8) is 0 Å². The molecule has 156 valence electrons. The van der Waals surface area contributed by atoms with E-state index >= 15 is 0 Å². The van der Waals surface area contributed by atoms with E-state index in [0.717, 1.165) is 42.8 Å². The molecule has 8 heteroatoms. The molecule has 0 saturated carbocycles. The quantitative estimate of drug-likeness (QED) is 0.617. The highest BCUT2D eigenvalue weighted by Gasteiger charge is 2.30. The maximum Gasteiger partial charge on any atom is 0.310 e. The molecule has 1 atom stereocenters. The number of nitrogens with zero attached hydrogens (tertiary/aromatic N) is 3. The lowest BCUT2D eigenvalue weighted by Crippen LogP contribution is -2.47. The molecule has 0 radical (unpaired) electrons. The van der Waals surface area contributed by atoms with Crippen LogP contribution in [0.3, 0.4) is 0 Å². The first-order valence-corrected chi connectivity index (χ1v) is 10.8. The van der Waals surface area contributed by atoms with Gasteiger partial charge in [0.05, 0.1) is 29.8 Å². The maximum atomic E-state index is 12.8. The lowest BCUT2D eigenvalue weighted by Gasteiger charge is -2.32. The van der Waals surface area contributed by atoms with Crippen molar-refractivity contribution in [3.8, 4) is 0 Å². The number of likely N-dealkylation sites (N-methyl/N-ethyl adjacent to an activating group) is 1. The van der Waals surface area contributed by atoms with Crippen molar-refractivity contribution in [2.75, 3.05) is 33.3 Å². The number of aromatic nitrogens is 1. The summed E-state index contributed by atoms with van der Waals surface area (Å²) in [6, 6.07) is 0. The molecule has 1 aliphatic heterocycles. The maximum absolute atomic E-state index is 12.8. The van der Waals surface area contributed by atoms with Crippen LogP contribution in [-0.2, 0) is 20.7 Å². The highest BCUT2D eigenvalue weighted by atomic mass is 32.1. The lowest BCUT2D eigenvalue weighted by molar-refractivity contribution is -0.151. The third kappa shape index (κ3) is 5.77. The number of likely N-dealkylation sites (tertiary alicyclic amines) is 1. The Kier molecular flexibility index (Phi) is 8.41. The number of rotatable bonds is 8. The number of aryl methyl sites for hydroxylation is 2. The molecule has 1 aromatic heterocycles. The van der Waals surface area contributed by atoms with Crippen molar-refractivity contribution in [1.82, 2.24) is 14.8 Å². The fraction of sp³-hybridized carbons (Fsp3) is 0.700. The van der Waals surface area contributed by atoms with Gasteiger partial charge in [-0.3, -0.25) is 14.4 Å². The predicted octanol–water partition coefficient (Wildman–Crippen LogP) is 2.67. The molecule has 1 aromatic rings. The number of piperidine rings is 1. The molecule has 2 amide bonds. The topological polar surface area (TPSA) is 79.8 Å². The smallest absolute Gasteiger partial charge is 0.310 e. The first kappa shape index (κ1) is 22.3. The Balaban J connectivity index is 1.95. The zero-order chi connectivity index (χ0) is 20.7. The summed E-state index contributed by atoms with van der Waals surface area (Å²) < 4.78 is 5.08. The Hall–Kier alpha value is -1.96. The van der Waals surface area contributed by atoms with Gasteiger partial charge in [0, 0.05) is 20.1 Å². The molecule has 7 nitrogen and oxygen atoms in total. The van der Waals surface area contributed by atoms with Gasteiger partial charge in [0.1, 0.15) is 4.88 Å². The van der Waals surface area contributed by atoms with Crippen LogP contribution in [0, 0.1) is 12.8 Å².